The maximum absolute atomic E-state index is 5.77. The normalized spacial score (nSPS) is 24.0. The SMILES string of the molecule is CC[C@@H](N)c1nnc(C2CCCO2)o1. The minimum Gasteiger partial charge on any atom is -0.421 e. The molecule has 5 heteroatoms. The summed E-state index contributed by atoms with van der Waals surface area (Å²) < 4.78 is 10.9. The van der Waals surface area contributed by atoms with Crippen molar-refractivity contribution in [2.45, 2.75) is 38.3 Å². The number of hydrogen-bond acceptors (Lipinski definition) is 5. The fourth-order valence-electron chi connectivity index (χ4n) is 1.47. The van der Waals surface area contributed by atoms with Crippen molar-refractivity contribution in [1.29, 1.82) is 0 Å². The van der Waals surface area contributed by atoms with Crippen LogP contribution < -0.4 is 5.73 Å². The van der Waals surface area contributed by atoms with Crippen molar-refractivity contribution in [2.24, 2.45) is 5.73 Å². The molecule has 0 amide bonds. The number of rotatable bonds is 3. The third-order valence-corrected chi connectivity index (χ3v) is 2.42. The van der Waals surface area contributed by atoms with E-state index in [1.165, 1.54) is 0 Å². The van der Waals surface area contributed by atoms with Crippen molar-refractivity contribution in [3.8, 4) is 0 Å². The van der Waals surface area contributed by atoms with Gasteiger partial charge in [-0.15, -0.1) is 10.2 Å². The molecule has 0 saturated carbocycles. The van der Waals surface area contributed by atoms with Crippen molar-refractivity contribution in [3.63, 3.8) is 0 Å². The maximum Gasteiger partial charge on any atom is 0.245 e. The molecule has 0 spiro atoms. The van der Waals surface area contributed by atoms with Crippen LogP contribution >= 0.6 is 0 Å². The first-order valence-electron chi connectivity index (χ1n) is 5.01. The van der Waals surface area contributed by atoms with E-state index >= 15 is 0 Å². The third-order valence-electron chi connectivity index (χ3n) is 2.42. The monoisotopic (exact) mass is 197 g/mol. The number of nitrogens with two attached hydrogens (primary N) is 1. The maximum atomic E-state index is 5.77. The highest BCUT2D eigenvalue weighted by molar-refractivity contribution is 4.92. The topological polar surface area (TPSA) is 74.2 Å². The molecular weight excluding hydrogens is 182 g/mol. The second kappa shape index (κ2) is 4.06. The Morgan fingerprint density at radius 1 is 1.57 bits per heavy atom. The lowest BCUT2D eigenvalue weighted by atomic mass is 10.2. The van der Waals surface area contributed by atoms with Crippen LogP contribution in [0.3, 0.4) is 0 Å². The van der Waals surface area contributed by atoms with Crippen molar-refractivity contribution >= 4 is 0 Å². The van der Waals surface area contributed by atoms with E-state index in [0.29, 0.717) is 11.8 Å². The molecule has 0 aliphatic carbocycles. The lowest BCUT2D eigenvalue weighted by molar-refractivity contribution is 0.0876. The van der Waals surface area contributed by atoms with Crippen molar-refractivity contribution in [2.75, 3.05) is 6.61 Å². The molecule has 1 aliphatic rings. The predicted octanol–water partition coefficient (Wildman–Crippen LogP) is 1.33. The van der Waals surface area contributed by atoms with Gasteiger partial charge < -0.3 is 14.9 Å². The molecule has 1 unspecified atom stereocenters. The van der Waals surface area contributed by atoms with Gasteiger partial charge in [-0.2, -0.15) is 0 Å². The Kier molecular flexibility index (Phi) is 2.79. The molecule has 1 saturated heterocycles. The third kappa shape index (κ3) is 1.78. The zero-order chi connectivity index (χ0) is 9.97. The molecule has 1 aliphatic heterocycles. The van der Waals surface area contributed by atoms with E-state index in [1.807, 2.05) is 6.92 Å². The fraction of sp³-hybridized carbons (Fsp3) is 0.778. The standard InChI is InChI=1S/C9H15N3O2/c1-2-6(10)8-11-12-9(14-8)7-4-3-5-13-7/h6-7H,2-5,10H2,1H3/t6-,7?/m1/s1. The molecule has 78 valence electrons. The number of ether oxygens (including phenoxy) is 1. The number of aromatic nitrogens is 2. The summed E-state index contributed by atoms with van der Waals surface area (Å²) in [5, 5.41) is 7.86. The van der Waals surface area contributed by atoms with E-state index in [4.69, 9.17) is 14.9 Å². The van der Waals surface area contributed by atoms with Crippen LogP contribution in [0.1, 0.15) is 50.1 Å². The Balaban J connectivity index is 2.08. The molecule has 14 heavy (non-hydrogen) atoms. The largest absolute Gasteiger partial charge is 0.421 e. The van der Waals surface area contributed by atoms with Gasteiger partial charge in [-0.3, -0.25) is 0 Å². The molecule has 0 bridgehead atoms. The van der Waals surface area contributed by atoms with Gasteiger partial charge in [-0.25, -0.2) is 0 Å². The van der Waals surface area contributed by atoms with Crippen LogP contribution in [0.25, 0.3) is 0 Å². The van der Waals surface area contributed by atoms with Crippen LogP contribution in [0.2, 0.25) is 0 Å². The summed E-state index contributed by atoms with van der Waals surface area (Å²) in [6.45, 7) is 2.77. The first kappa shape index (κ1) is 9.61. The van der Waals surface area contributed by atoms with Gasteiger partial charge in [0, 0.05) is 6.61 Å². The highest BCUT2D eigenvalue weighted by Gasteiger charge is 2.24. The van der Waals surface area contributed by atoms with Crippen LogP contribution in [-0.4, -0.2) is 16.8 Å². The molecule has 2 N–H and O–H groups in total. The molecule has 2 heterocycles. The van der Waals surface area contributed by atoms with E-state index in [0.717, 1.165) is 25.9 Å². The molecule has 0 radical (unpaired) electrons. The van der Waals surface area contributed by atoms with Crippen LogP contribution in [0, 0.1) is 0 Å². The minimum atomic E-state index is -0.155. The molecule has 2 atom stereocenters. The van der Waals surface area contributed by atoms with Crippen molar-refractivity contribution in [3.05, 3.63) is 11.8 Å². The summed E-state index contributed by atoms with van der Waals surface area (Å²) in [6.07, 6.45) is 2.80. The second-order valence-electron chi connectivity index (χ2n) is 3.49. The van der Waals surface area contributed by atoms with Gasteiger partial charge in [0.05, 0.1) is 6.04 Å². The lowest BCUT2D eigenvalue weighted by Crippen LogP contribution is -2.08. The Bertz CT molecular complexity index is 294. The zero-order valence-corrected chi connectivity index (χ0v) is 8.27. The van der Waals surface area contributed by atoms with Gasteiger partial charge in [0.1, 0.15) is 6.10 Å². The molecular formula is C9H15N3O2. The number of nitrogens with zero attached hydrogens (tertiary/aromatic N) is 2. The molecule has 1 aromatic rings. The summed E-state index contributed by atoms with van der Waals surface area (Å²) in [4.78, 5) is 0. The molecule has 5 nitrogen and oxygen atoms in total. The highest BCUT2D eigenvalue weighted by atomic mass is 16.5. The smallest absolute Gasteiger partial charge is 0.245 e. The van der Waals surface area contributed by atoms with Gasteiger partial charge >= 0.3 is 0 Å². The predicted molar refractivity (Wildman–Crippen MR) is 49.4 cm³/mol. The first-order valence-corrected chi connectivity index (χ1v) is 5.01. The van der Waals surface area contributed by atoms with Crippen LogP contribution in [-0.2, 0) is 4.74 Å². The van der Waals surface area contributed by atoms with Gasteiger partial charge in [-0.1, -0.05) is 6.92 Å². The summed E-state index contributed by atoms with van der Waals surface area (Å²) in [5.41, 5.74) is 5.77. The van der Waals surface area contributed by atoms with Crippen molar-refractivity contribution in [1.82, 2.24) is 10.2 Å². The fourth-order valence-corrected chi connectivity index (χ4v) is 1.47. The Labute approximate surface area is 82.6 Å². The summed E-state index contributed by atoms with van der Waals surface area (Å²) in [5.74, 6) is 1.08. The van der Waals surface area contributed by atoms with E-state index in [9.17, 15) is 0 Å². The van der Waals surface area contributed by atoms with Gasteiger partial charge in [0.2, 0.25) is 11.8 Å². The molecule has 0 aromatic carbocycles. The van der Waals surface area contributed by atoms with Crippen LogP contribution in [0.15, 0.2) is 4.42 Å². The quantitative estimate of drug-likeness (QED) is 0.791. The average Bonchev–Trinajstić information content (AvgIpc) is 2.86. The zero-order valence-electron chi connectivity index (χ0n) is 8.27. The summed E-state index contributed by atoms with van der Waals surface area (Å²) in [6, 6.07) is -0.155. The van der Waals surface area contributed by atoms with Crippen LogP contribution in [0.5, 0.6) is 0 Å². The minimum absolute atomic E-state index is 0.0136. The summed E-state index contributed by atoms with van der Waals surface area (Å²) >= 11 is 0. The molecule has 1 aromatic heterocycles. The second-order valence-corrected chi connectivity index (χ2v) is 3.49. The molecule has 2 rings (SSSR count). The van der Waals surface area contributed by atoms with E-state index in [-0.39, 0.29) is 12.1 Å². The Morgan fingerprint density at radius 3 is 3.07 bits per heavy atom. The summed E-state index contributed by atoms with van der Waals surface area (Å²) in [7, 11) is 0. The van der Waals surface area contributed by atoms with Gasteiger partial charge in [-0.05, 0) is 19.3 Å². The van der Waals surface area contributed by atoms with Gasteiger partial charge in [0.15, 0.2) is 0 Å². The molecule has 1 fully saturated rings. The highest BCUT2D eigenvalue weighted by Crippen LogP contribution is 2.28. The average molecular weight is 197 g/mol. The Hall–Kier alpha value is -0.940. The van der Waals surface area contributed by atoms with E-state index in [2.05, 4.69) is 10.2 Å². The Morgan fingerprint density at radius 2 is 2.43 bits per heavy atom. The first-order chi connectivity index (χ1) is 6.81. The van der Waals surface area contributed by atoms with Crippen molar-refractivity contribution < 1.29 is 9.15 Å². The van der Waals surface area contributed by atoms with Crippen LogP contribution in [0.4, 0.5) is 0 Å². The number of hydrogen-bond donors (Lipinski definition) is 1. The van der Waals surface area contributed by atoms with E-state index < -0.39 is 0 Å². The lowest BCUT2D eigenvalue weighted by Gasteiger charge is -2.03. The van der Waals surface area contributed by atoms with E-state index in [1.54, 1.807) is 0 Å². The van der Waals surface area contributed by atoms with Gasteiger partial charge in [0.25, 0.3) is 0 Å².